The normalized spacial score (nSPS) is 10.3. The Morgan fingerprint density at radius 2 is 2.33 bits per heavy atom. The van der Waals surface area contributed by atoms with Crippen molar-refractivity contribution in [3.63, 3.8) is 0 Å². The Hall–Kier alpha value is -1.48. The first-order valence-electron chi connectivity index (χ1n) is 4.72. The molecule has 0 aliphatic rings. The van der Waals surface area contributed by atoms with Crippen LogP contribution in [-0.4, -0.2) is 16.8 Å². The summed E-state index contributed by atoms with van der Waals surface area (Å²) in [5, 5.41) is 8.02. The molecule has 0 atom stereocenters. The molecule has 0 saturated carbocycles. The average Bonchev–Trinajstić information content (AvgIpc) is 2.65. The molecule has 0 radical (unpaired) electrons. The van der Waals surface area contributed by atoms with Gasteiger partial charge in [0, 0.05) is 18.3 Å². The number of hydrogen-bond acceptors (Lipinski definition) is 2. The highest BCUT2D eigenvalue weighted by Gasteiger charge is 1.98. The Labute approximate surface area is 93.7 Å². The highest BCUT2D eigenvalue weighted by Crippen LogP contribution is 2.12. The molecule has 1 N–H and O–H groups in total. The number of nitrogens with zero attached hydrogens (tertiary/aromatic N) is 2. The monoisotopic (exact) mass is 221 g/mol. The first-order chi connectivity index (χ1) is 7.28. The summed E-state index contributed by atoms with van der Waals surface area (Å²) >= 11 is 5.90. The summed E-state index contributed by atoms with van der Waals surface area (Å²) in [6, 6.07) is 7.79. The van der Waals surface area contributed by atoms with Crippen molar-refractivity contribution >= 4 is 17.3 Å². The van der Waals surface area contributed by atoms with E-state index in [0.717, 1.165) is 22.8 Å². The van der Waals surface area contributed by atoms with Crippen LogP contribution in [0.25, 0.3) is 0 Å². The molecule has 2 aromatic rings. The van der Waals surface area contributed by atoms with E-state index in [1.54, 1.807) is 6.20 Å². The van der Waals surface area contributed by atoms with E-state index in [4.69, 9.17) is 11.6 Å². The average molecular weight is 222 g/mol. The second-order valence-electron chi connectivity index (χ2n) is 3.31. The van der Waals surface area contributed by atoms with Crippen LogP contribution >= 0.6 is 11.6 Å². The van der Waals surface area contributed by atoms with Crippen molar-refractivity contribution in [3.8, 4) is 0 Å². The molecule has 0 amide bonds. The number of nitrogens with one attached hydrogen (secondary N) is 1. The van der Waals surface area contributed by atoms with E-state index >= 15 is 0 Å². The second kappa shape index (κ2) is 4.36. The largest absolute Gasteiger partial charge is 0.386 e. The Morgan fingerprint density at radius 3 is 3.00 bits per heavy atom. The summed E-state index contributed by atoms with van der Waals surface area (Å²) in [5.74, 6) is 0. The minimum atomic E-state index is 0.738. The fourth-order valence-electron chi connectivity index (χ4n) is 1.40. The third kappa shape index (κ3) is 2.50. The van der Waals surface area contributed by atoms with Crippen molar-refractivity contribution in [2.45, 2.75) is 6.54 Å². The van der Waals surface area contributed by atoms with Gasteiger partial charge in [0.25, 0.3) is 0 Å². The molecule has 0 spiro atoms. The quantitative estimate of drug-likeness (QED) is 0.864. The number of benzene rings is 1. The lowest BCUT2D eigenvalue weighted by molar-refractivity contribution is 0.687. The lowest BCUT2D eigenvalue weighted by atomic mass is 10.2. The maximum Gasteiger partial charge on any atom is 0.0724 e. The van der Waals surface area contributed by atoms with E-state index in [1.165, 1.54) is 0 Å². The standard InChI is InChI=1S/C11H12ClN3/c1-13-11-6-14-15(8-11)7-9-3-2-4-10(12)5-9/h2-6,8,13H,7H2,1H3. The minimum absolute atomic E-state index is 0.738. The van der Waals surface area contributed by atoms with Gasteiger partial charge < -0.3 is 5.32 Å². The molecule has 0 aliphatic heterocycles. The van der Waals surface area contributed by atoms with Gasteiger partial charge in [0.1, 0.15) is 0 Å². The molecule has 0 unspecified atom stereocenters. The molecule has 15 heavy (non-hydrogen) atoms. The lowest BCUT2D eigenvalue weighted by Gasteiger charge is -2.01. The van der Waals surface area contributed by atoms with Gasteiger partial charge in [-0.15, -0.1) is 0 Å². The van der Waals surface area contributed by atoms with E-state index < -0.39 is 0 Å². The van der Waals surface area contributed by atoms with Crippen LogP contribution in [0.4, 0.5) is 5.69 Å². The van der Waals surface area contributed by atoms with Gasteiger partial charge in [-0.25, -0.2) is 0 Å². The van der Waals surface area contributed by atoms with Crippen molar-refractivity contribution in [1.82, 2.24) is 9.78 Å². The summed E-state index contributed by atoms with van der Waals surface area (Å²) in [6.07, 6.45) is 3.76. The number of anilines is 1. The van der Waals surface area contributed by atoms with Crippen LogP contribution in [0.5, 0.6) is 0 Å². The van der Waals surface area contributed by atoms with Crippen molar-refractivity contribution in [2.75, 3.05) is 12.4 Å². The smallest absolute Gasteiger partial charge is 0.0724 e. The maximum absolute atomic E-state index is 5.90. The molecular formula is C11H12ClN3. The van der Waals surface area contributed by atoms with Crippen LogP contribution in [-0.2, 0) is 6.54 Å². The molecule has 0 aliphatic carbocycles. The Kier molecular flexibility index (Phi) is 2.92. The van der Waals surface area contributed by atoms with Gasteiger partial charge in [-0.05, 0) is 17.7 Å². The van der Waals surface area contributed by atoms with Gasteiger partial charge in [-0.3, -0.25) is 4.68 Å². The summed E-state index contributed by atoms with van der Waals surface area (Å²) in [6.45, 7) is 0.738. The molecule has 4 heteroatoms. The van der Waals surface area contributed by atoms with Gasteiger partial charge in [-0.2, -0.15) is 5.10 Å². The molecule has 0 saturated heterocycles. The van der Waals surface area contributed by atoms with Crippen molar-refractivity contribution in [3.05, 3.63) is 47.2 Å². The number of rotatable bonds is 3. The molecule has 0 bridgehead atoms. The molecule has 78 valence electrons. The van der Waals surface area contributed by atoms with E-state index in [2.05, 4.69) is 10.4 Å². The predicted molar refractivity (Wildman–Crippen MR) is 62.3 cm³/mol. The molecule has 2 rings (SSSR count). The van der Waals surface area contributed by atoms with E-state index in [9.17, 15) is 0 Å². The zero-order valence-electron chi connectivity index (χ0n) is 8.44. The molecule has 1 aromatic heterocycles. The van der Waals surface area contributed by atoms with Crippen molar-refractivity contribution in [1.29, 1.82) is 0 Å². The van der Waals surface area contributed by atoms with Gasteiger partial charge >= 0.3 is 0 Å². The highest BCUT2D eigenvalue weighted by molar-refractivity contribution is 6.30. The first kappa shape index (κ1) is 10.1. The predicted octanol–water partition coefficient (Wildman–Crippen LogP) is 2.63. The van der Waals surface area contributed by atoms with Gasteiger partial charge in [0.05, 0.1) is 18.4 Å². The van der Waals surface area contributed by atoms with Crippen LogP contribution in [0, 0.1) is 0 Å². The van der Waals surface area contributed by atoms with E-state index in [0.29, 0.717) is 0 Å². The van der Waals surface area contributed by atoms with Gasteiger partial charge in [-0.1, -0.05) is 23.7 Å². The minimum Gasteiger partial charge on any atom is -0.386 e. The fraction of sp³-hybridized carbons (Fsp3) is 0.182. The molecule has 3 nitrogen and oxygen atoms in total. The lowest BCUT2D eigenvalue weighted by Crippen LogP contribution is -1.99. The number of halogens is 1. The van der Waals surface area contributed by atoms with E-state index in [-0.39, 0.29) is 0 Å². The fourth-order valence-corrected chi connectivity index (χ4v) is 1.61. The number of aromatic nitrogens is 2. The third-order valence-corrected chi connectivity index (χ3v) is 2.39. The van der Waals surface area contributed by atoms with Crippen LogP contribution in [0.1, 0.15) is 5.56 Å². The third-order valence-electron chi connectivity index (χ3n) is 2.16. The highest BCUT2D eigenvalue weighted by atomic mass is 35.5. The molecule has 1 aromatic carbocycles. The number of hydrogen-bond donors (Lipinski definition) is 1. The van der Waals surface area contributed by atoms with Crippen LogP contribution < -0.4 is 5.32 Å². The second-order valence-corrected chi connectivity index (χ2v) is 3.74. The molecular weight excluding hydrogens is 210 g/mol. The first-order valence-corrected chi connectivity index (χ1v) is 5.10. The molecule has 0 fully saturated rings. The summed E-state index contributed by atoms with van der Waals surface area (Å²) in [4.78, 5) is 0. The van der Waals surface area contributed by atoms with Crippen LogP contribution in [0.2, 0.25) is 5.02 Å². The zero-order valence-corrected chi connectivity index (χ0v) is 9.20. The summed E-state index contributed by atoms with van der Waals surface area (Å²) in [5.41, 5.74) is 2.16. The van der Waals surface area contributed by atoms with E-state index in [1.807, 2.05) is 42.2 Å². The van der Waals surface area contributed by atoms with Gasteiger partial charge in [0.2, 0.25) is 0 Å². The Balaban J connectivity index is 2.14. The SMILES string of the molecule is CNc1cnn(Cc2cccc(Cl)c2)c1. The van der Waals surface area contributed by atoms with Gasteiger partial charge in [0.15, 0.2) is 0 Å². The van der Waals surface area contributed by atoms with Crippen molar-refractivity contribution < 1.29 is 0 Å². The Morgan fingerprint density at radius 1 is 1.47 bits per heavy atom. The van der Waals surface area contributed by atoms with Crippen LogP contribution in [0.15, 0.2) is 36.7 Å². The summed E-state index contributed by atoms with van der Waals surface area (Å²) < 4.78 is 1.87. The summed E-state index contributed by atoms with van der Waals surface area (Å²) in [7, 11) is 1.88. The molecule has 1 heterocycles. The van der Waals surface area contributed by atoms with Crippen molar-refractivity contribution in [2.24, 2.45) is 0 Å². The maximum atomic E-state index is 5.90. The Bertz CT molecular complexity index is 451. The topological polar surface area (TPSA) is 29.9 Å². The van der Waals surface area contributed by atoms with Crippen LogP contribution in [0.3, 0.4) is 0 Å². The zero-order chi connectivity index (χ0) is 10.7.